The van der Waals surface area contributed by atoms with E-state index in [0.717, 1.165) is 45.1 Å². The molecule has 0 amide bonds. The smallest absolute Gasteiger partial charge is 0.236 e. The van der Waals surface area contributed by atoms with Gasteiger partial charge in [-0.1, -0.05) is 18.2 Å². The van der Waals surface area contributed by atoms with Crippen LogP contribution in [0, 0.1) is 6.92 Å². The van der Waals surface area contributed by atoms with Crippen LogP contribution in [-0.4, -0.2) is 38.4 Å². The van der Waals surface area contributed by atoms with E-state index in [9.17, 15) is 0 Å². The topological polar surface area (TPSA) is 59.2 Å². The first kappa shape index (κ1) is 17.3. The summed E-state index contributed by atoms with van der Waals surface area (Å²) in [6.07, 6.45) is 3.83. The highest BCUT2D eigenvalue weighted by Gasteiger charge is 2.19. The third kappa shape index (κ3) is 2.99. The fourth-order valence-corrected chi connectivity index (χ4v) is 3.52. The minimum Gasteiger partial charge on any atom is -0.363 e. The highest BCUT2D eigenvalue weighted by atomic mass is 15.2. The van der Waals surface area contributed by atoms with Gasteiger partial charge in [0.2, 0.25) is 5.78 Å². The van der Waals surface area contributed by atoms with E-state index in [2.05, 4.69) is 23.2 Å². The average Bonchev–Trinajstić information content (AvgIpc) is 3.12. The minimum atomic E-state index is 0.649. The molecule has 142 valence electrons. The van der Waals surface area contributed by atoms with E-state index in [0.29, 0.717) is 5.78 Å². The number of imidazole rings is 1. The van der Waals surface area contributed by atoms with Crippen LogP contribution in [0.1, 0.15) is 5.69 Å². The molecule has 0 aliphatic heterocycles. The maximum absolute atomic E-state index is 4.87. The van der Waals surface area contributed by atoms with Gasteiger partial charge in [0.25, 0.3) is 0 Å². The molecule has 0 aliphatic carbocycles. The maximum Gasteiger partial charge on any atom is 0.236 e. The third-order valence-electron chi connectivity index (χ3n) is 4.95. The van der Waals surface area contributed by atoms with Crippen molar-refractivity contribution in [2.45, 2.75) is 6.92 Å². The summed E-state index contributed by atoms with van der Waals surface area (Å²) in [7, 11) is 3.95. The Morgan fingerprint density at radius 3 is 2.62 bits per heavy atom. The zero-order valence-corrected chi connectivity index (χ0v) is 16.5. The Hall–Kier alpha value is -3.80. The van der Waals surface area contributed by atoms with Crippen LogP contribution in [0.25, 0.3) is 39.3 Å². The van der Waals surface area contributed by atoms with Crippen LogP contribution >= 0.6 is 0 Å². The summed E-state index contributed by atoms with van der Waals surface area (Å²) in [5.74, 6) is 1.51. The van der Waals surface area contributed by atoms with Crippen molar-refractivity contribution >= 4 is 22.5 Å². The van der Waals surface area contributed by atoms with Gasteiger partial charge in [-0.05, 0) is 43.3 Å². The van der Waals surface area contributed by atoms with Gasteiger partial charge < -0.3 is 4.90 Å². The van der Waals surface area contributed by atoms with Gasteiger partial charge in [0.1, 0.15) is 11.5 Å². The lowest BCUT2D eigenvalue weighted by Gasteiger charge is -2.11. The Morgan fingerprint density at radius 1 is 0.897 bits per heavy atom. The monoisotopic (exact) mass is 380 g/mol. The highest BCUT2D eigenvalue weighted by Crippen LogP contribution is 2.33. The summed E-state index contributed by atoms with van der Waals surface area (Å²) in [4.78, 5) is 20.7. The van der Waals surface area contributed by atoms with E-state index in [-0.39, 0.29) is 0 Å². The number of rotatable bonds is 3. The zero-order valence-electron chi connectivity index (χ0n) is 16.5. The van der Waals surface area contributed by atoms with E-state index in [1.54, 1.807) is 0 Å². The molecule has 0 radical (unpaired) electrons. The van der Waals surface area contributed by atoms with Crippen molar-refractivity contribution in [3.8, 4) is 22.6 Å². The van der Waals surface area contributed by atoms with Gasteiger partial charge in [0, 0.05) is 43.1 Å². The molecule has 0 bridgehead atoms. The number of hydrogen-bond acceptors (Lipinski definition) is 5. The van der Waals surface area contributed by atoms with Crippen molar-refractivity contribution in [1.29, 1.82) is 0 Å². The van der Waals surface area contributed by atoms with Crippen molar-refractivity contribution < 1.29 is 0 Å². The predicted molar refractivity (Wildman–Crippen MR) is 116 cm³/mol. The average molecular weight is 380 g/mol. The second-order valence-corrected chi connectivity index (χ2v) is 7.23. The SMILES string of the molecule is Cc1cccc(-c2nc3nc(N(C)C)ccn3c2-c2ccc3ncccc3c2)n1. The molecule has 0 fully saturated rings. The molecule has 0 N–H and O–H groups in total. The summed E-state index contributed by atoms with van der Waals surface area (Å²) in [6, 6.07) is 18.3. The van der Waals surface area contributed by atoms with Gasteiger partial charge in [-0.3, -0.25) is 14.4 Å². The minimum absolute atomic E-state index is 0.649. The third-order valence-corrected chi connectivity index (χ3v) is 4.95. The zero-order chi connectivity index (χ0) is 20.0. The molecular formula is C23H20N6. The first-order chi connectivity index (χ1) is 14.1. The molecule has 0 unspecified atom stereocenters. The second-order valence-electron chi connectivity index (χ2n) is 7.23. The van der Waals surface area contributed by atoms with Gasteiger partial charge in [0.05, 0.1) is 16.9 Å². The molecule has 6 nitrogen and oxygen atoms in total. The van der Waals surface area contributed by atoms with E-state index >= 15 is 0 Å². The van der Waals surface area contributed by atoms with Gasteiger partial charge in [-0.15, -0.1) is 0 Å². The number of hydrogen-bond donors (Lipinski definition) is 0. The van der Waals surface area contributed by atoms with E-state index in [4.69, 9.17) is 15.0 Å². The molecule has 4 aromatic heterocycles. The van der Waals surface area contributed by atoms with Crippen LogP contribution in [0.2, 0.25) is 0 Å². The number of aromatic nitrogens is 5. The Labute approximate surface area is 168 Å². The summed E-state index contributed by atoms with van der Waals surface area (Å²) in [5, 5.41) is 1.08. The van der Waals surface area contributed by atoms with Crippen molar-refractivity contribution in [1.82, 2.24) is 24.3 Å². The number of nitrogens with zero attached hydrogens (tertiary/aromatic N) is 6. The van der Waals surface area contributed by atoms with Crippen LogP contribution in [0.3, 0.4) is 0 Å². The number of anilines is 1. The molecule has 0 saturated heterocycles. The lowest BCUT2D eigenvalue weighted by molar-refractivity contribution is 1.03. The van der Waals surface area contributed by atoms with Crippen molar-refractivity contribution in [2.75, 3.05) is 19.0 Å². The summed E-state index contributed by atoms with van der Waals surface area (Å²) in [5.41, 5.74) is 5.60. The Morgan fingerprint density at radius 2 is 1.79 bits per heavy atom. The molecule has 0 spiro atoms. The van der Waals surface area contributed by atoms with Gasteiger partial charge >= 0.3 is 0 Å². The van der Waals surface area contributed by atoms with Gasteiger partial charge in [-0.2, -0.15) is 4.98 Å². The van der Waals surface area contributed by atoms with Gasteiger partial charge in [0.15, 0.2) is 0 Å². The molecule has 5 aromatic rings. The van der Waals surface area contributed by atoms with E-state index in [1.165, 1.54) is 0 Å². The van der Waals surface area contributed by atoms with Crippen molar-refractivity contribution in [3.63, 3.8) is 0 Å². The summed E-state index contributed by atoms with van der Waals surface area (Å²) >= 11 is 0. The van der Waals surface area contributed by atoms with Crippen molar-refractivity contribution in [3.05, 3.63) is 72.7 Å². The Balaban J connectivity index is 1.82. The van der Waals surface area contributed by atoms with Crippen LogP contribution < -0.4 is 4.90 Å². The lowest BCUT2D eigenvalue weighted by Crippen LogP contribution is -2.11. The molecule has 5 rings (SSSR count). The quantitative estimate of drug-likeness (QED) is 0.465. The molecule has 6 heteroatoms. The Kier molecular flexibility index (Phi) is 3.98. The number of fused-ring (bicyclic) bond motifs is 2. The summed E-state index contributed by atoms with van der Waals surface area (Å²) in [6.45, 7) is 1.99. The van der Waals surface area contributed by atoms with Crippen molar-refractivity contribution in [2.24, 2.45) is 0 Å². The first-order valence-electron chi connectivity index (χ1n) is 9.46. The van der Waals surface area contributed by atoms with Crippen LogP contribution in [0.15, 0.2) is 67.0 Å². The van der Waals surface area contributed by atoms with Crippen LogP contribution in [0.5, 0.6) is 0 Å². The molecular weight excluding hydrogens is 360 g/mol. The number of benzene rings is 1. The standard InChI is InChI=1S/C23H20N6/c1-15-6-4-8-19(25-15)21-22(17-9-10-18-16(14-17)7-5-12-24-18)29-13-11-20(28(2)3)26-23(29)27-21/h4-14H,1-3H3. The van der Waals surface area contributed by atoms with E-state index < -0.39 is 0 Å². The molecule has 1 aromatic carbocycles. The van der Waals surface area contributed by atoms with E-state index in [1.807, 2.05) is 79.1 Å². The summed E-state index contributed by atoms with van der Waals surface area (Å²) < 4.78 is 2.03. The molecule has 4 heterocycles. The lowest BCUT2D eigenvalue weighted by atomic mass is 10.1. The normalized spacial score (nSPS) is 11.3. The highest BCUT2D eigenvalue weighted by molar-refractivity contribution is 5.88. The first-order valence-corrected chi connectivity index (χ1v) is 9.46. The molecule has 0 atom stereocenters. The Bertz CT molecular complexity index is 1350. The fourth-order valence-electron chi connectivity index (χ4n) is 3.52. The molecule has 0 aliphatic rings. The largest absolute Gasteiger partial charge is 0.363 e. The maximum atomic E-state index is 4.87. The number of aryl methyl sites for hydroxylation is 1. The van der Waals surface area contributed by atoms with Crippen LogP contribution in [-0.2, 0) is 0 Å². The fraction of sp³-hybridized carbons (Fsp3) is 0.130. The predicted octanol–water partition coefficient (Wildman–Crippen LogP) is 4.38. The second kappa shape index (κ2) is 6.67. The van der Waals surface area contributed by atoms with Crippen LogP contribution in [0.4, 0.5) is 5.82 Å². The molecule has 0 saturated carbocycles. The number of pyridine rings is 2. The van der Waals surface area contributed by atoms with Gasteiger partial charge in [-0.25, -0.2) is 4.98 Å². The molecule has 29 heavy (non-hydrogen) atoms.